The van der Waals surface area contributed by atoms with Crippen LogP contribution in [-0.4, -0.2) is 81.0 Å². The maximum absolute atomic E-state index is 13.1. The van der Waals surface area contributed by atoms with E-state index in [9.17, 15) is 14.7 Å². The van der Waals surface area contributed by atoms with E-state index in [4.69, 9.17) is 27.8 Å². The first-order valence-electron chi connectivity index (χ1n) is 12.2. The predicted octanol–water partition coefficient (Wildman–Crippen LogP) is 0.968. The molecule has 0 aromatic carbocycles. The number of alkyl halides is 1. The zero-order valence-corrected chi connectivity index (χ0v) is 27.7. The molecule has 1 aliphatic carbocycles. The fourth-order valence-electron chi connectivity index (χ4n) is 6.36. The number of ether oxygens (including phenoxy) is 1. The third-order valence-corrected chi connectivity index (χ3v) is 12.2. The second-order valence-corrected chi connectivity index (χ2v) is 14.0. The Morgan fingerprint density at radius 1 is 0.927 bits per heavy atom. The van der Waals surface area contributed by atoms with Gasteiger partial charge in [0.15, 0.2) is 23.9 Å². The molecule has 11 N–H and O–H groups in total. The summed E-state index contributed by atoms with van der Waals surface area (Å²) in [5, 5.41) is 23.2. The van der Waals surface area contributed by atoms with Crippen LogP contribution in [0.2, 0.25) is 0 Å². The lowest BCUT2D eigenvalue weighted by Crippen LogP contribution is -2.75. The minimum absolute atomic E-state index is 0.0146. The smallest absolute Gasteiger partial charge is 0.267 e. The van der Waals surface area contributed by atoms with Crippen LogP contribution in [0.25, 0.3) is 0 Å². The number of nitrogens with zero attached hydrogens (tertiary/aromatic N) is 2. The number of nitrogens with one attached hydrogen (secondary N) is 6. The first kappa shape index (κ1) is 29.3. The van der Waals surface area contributed by atoms with Gasteiger partial charge in [-0.25, -0.2) is 9.98 Å². The second kappa shape index (κ2) is 10.4. The van der Waals surface area contributed by atoms with E-state index in [1.165, 1.54) is 0 Å². The fourth-order valence-corrected chi connectivity index (χ4v) is 8.25. The van der Waals surface area contributed by atoms with Gasteiger partial charge in [0.25, 0.3) is 11.8 Å². The van der Waals surface area contributed by atoms with Gasteiger partial charge in [-0.2, -0.15) is 0 Å². The largest absolute Gasteiger partial charge is 0.370 e. The van der Waals surface area contributed by atoms with Crippen LogP contribution in [0, 0.1) is 17.8 Å². The van der Waals surface area contributed by atoms with Crippen molar-refractivity contribution in [1.29, 1.82) is 0 Å². The monoisotopic (exact) mass is 842 g/mol. The SMILES string of the molecule is NC1=N[C@@H]2O[C@@H]3N=C(N)N[C@@]34[C@@H](Cl)[C@H](CNC(=O)c3cc(Br)c(Br)[nH]3)[C@@H](CNC(=O)c3cc(Br)c(Br)[nH]3)[C@H]4[C@]2(O)N1. The minimum Gasteiger partial charge on any atom is -0.370 e. The molecule has 1 saturated carbocycles. The van der Waals surface area contributed by atoms with Gasteiger partial charge in [-0.1, -0.05) is 0 Å². The Morgan fingerprint density at radius 2 is 1.44 bits per heavy atom. The lowest BCUT2D eigenvalue weighted by molar-refractivity contribution is -0.233. The van der Waals surface area contributed by atoms with Crippen molar-refractivity contribution in [2.24, 2.45) is 39.2 Å². The van der Waals surface area contributed by atoms with Crippen LogP contribution in [0.1, 0.15) is 21.0 Å². The molecular formula is C22H23Br4ClN10O4. The molecule has 2 amide bonds. The van der Waals surface area contributed by atoms with Gasteiger partial charge in [0.2, 0.25) is 6.23 Å². The van der Waals surface area contributed by atoms with E-state index in [0.29, 0.717) is 29.5 Å². The maximum atomic E-state index is 13.1. The van der Waals surface area contributed by atoms with Gasteiger partial charge in [0.05, 0.1) is 23.5 Å². The van der Waals surface area contributed by atoms with Crippen molar-refractivity contribution >= 4 is 99.1 Å². The summed E-state index contributed by atoms with van der Waals surface area (Å²) >= 11 is 20.6. The Balaban J connectivity index is 1.34. The standard InChI is InChI=1S/C22H23Br4ClN10O4/c23-7-1-9(32-13(7)25)15(38)30-3-5-6(4-31-16(39)10-2-8(24)14(26)33-10)12(27)21-11(5)22(40)18(35-20(29)37-22)41-17(21)34-19(28)36-21/h1-2,5-6,11-12,17-18,32-33,40H,3-4H2,(H,30,38)(H,31,39)(H3,28,34,36)(H3,29,35,37)/t5-,6-,11-,12+,17+,18-,21+,22-/m1/s1. The fraction of sp³-hybridized carbons (Fsp3) is 0.455. The van der Waals surface area contributed by atoms with Crippen molar-refractivity contribution in [1.82, 2.24) is 31.2 Å². The normalized spacial score (nSPS) is 35.0. The maximum Gasteiger partial charge on any atom is 0.267 e. The molecule has 2 aromatic heterocycles. The minimum atomic E-state index is -1.82. The van der Waals surface area contributed by atoms with Crippen LogP contribution in [0.4, 0.5) is 0 Å². The van der Waals surface area contributed by atoms with E-state index in [1.807, 2.05) is 0 Å². The highest BCUT2D eigenvalue weighted by Crippen LogP contribution is 2.58. The molecule has 41 heavy (non-hydrogen) atoms. The number of halogens is 5. The molecule has 1 spiro atoms. The second-order valence-electron chi connectivity index (χ2n) is 10.2. The number of hydrogen-bond donors (Lipinski definition) is 9. The van der Waals surface area contributed by atoms with Crippen molar-refractivity contribution in [2.75, 3.05) is 13.1 Å². The number of amides is 2. The zero-order chi connectivity index (χ0) is 29.4. The molecule has 2 aromatic rings. The molecule has 5 heterocycles. The third kappa shape index (κ3) is 4.60. The molecular weight excluding hydrogens is 823 g/mol. The lowest BCUT2D eigenvalue weighted by Gasteiger charge is -2.51. The van der Waals surface area contributed by atoms with E-state index >= 15 is 0 Å². The summed E-state index contributed by atoms with van der Waals surface area (Å²) in [6.07, 6.45) is -2.03. The third-order valence-electron chi connectivity index (χ3n) is 7.96. The number of aromatic nitrogens is 2. The Kier molecular flexibility index (Phi) is 7.43. The van der Waals surface area contributed by atoms with Crippen molar-refractivity contribution in [3.8, 4) is 0 Å². The highest BCUT2D eigenvalue weighted by molar-refractivity contribution is 9.13. The van der Waals surface area contributed by atoms with Gasteiger partial charge in [-0.15, -0.1) is 11.6 Å². The highest BCUT2D eigenvalue weighted by Gasteiger charge is 2.76. The predicted molar refractivity (Wildman–Crippen MR) is 163 cm³/mol. The van der Waals surface area contributed by atoms with E-state index in [1.54, 1.807) is 12.1 Å². The summed E-state index contributed by atoms with van der Waals surface area (Å²) in [4.78, 5) is 40.7. The van der Waals surface area contributed by atoms with Gasteiger partial charge in [-0.3, -0.25) is 9.59 Å². The highest BCUT2D eigenvalue weighted by atomic mass is 79.9. The van der Waals surface area contributed by atoms with Crippen LogP contribution in [0.15, 0.2) is 40.3 Å². The first-order valence-corrected chi connectivity index (χ1v) is 15.8. The van der Waals surface area contributed by atoms with Crippen LogP contribution >= 0.6 is 75.3 Å². The molecule has 8 atom stereocenters. The van der Waals surface area contributed by atoms with Crippen LogP contribution in [0.5, 0.6) is 0 Å². The van der Waals surface area contributed by atoms with Crippen LogP contribution in [0.3, 0.4) is 0 Å². The molecule has 0 bridgehead atoms. The van der Waals surface area contributed by atoms with Gasteiger partial charge in [0, 0.05) is 24.9 Å². The number of aliphatic imine (C=N–C) groups is 2. The summed E-state index contributed by atoms with van der Waals surface area (Å²) < 4.78 is 8.67. The van der Waals surface area contributed by atoms with Crippen LogP contribution in [-0.2, 0) is 4.74 Å². The number of guanidine groups is 2. The molecule has 1 saturated heterocycles. The number of rotatable bonds is 6. The summed E-state index contributed by atoms with van der Waals surface area (Å²) in [6, 6.07) is 3.28. The number of carbonyl (C=O) groups excluding carboxylic acids is 2. The Hall–Kier alpha value is -1.83. The summed E-state index contributed by atoms with van der Waals surface area (Å²) in [5.74, 6) is -2.53. The van der Waals surface area contributed by atoms with E-state index in [0.717, 1.165) is 0 Å². The number of hydrogen-bond acceptors (Lipinski definition) is 10. The van der Waals surface area contributed by atoms with Crippen molar-refractivity contribution in [3.05, 3.63) is 41.7 Å². The topological polar surface area (TPSA) is 220 Å². The van der Waals surface area contributed by atoms with Gasteiger partial charge < -0.3 is 52.5 Å². The number of H-pyrrole nitrogens is 2. The van der Waals surface area contributed by atoms with Crippen molar-refractivity contribution < 1.29 is 19.4 Å². The summed E-state index contributed by atoms with van der Waals surface area (Å²) in [6.45, 7) is 0.152. The average Bonchev–Trinajstić information content (AvgIpc) is 3.66. The molecule has 19 heteroatoms. The molecule has 3 aliphatic heterocycles. The van der Waals surface area contributed by atoms with Gasteiger partial charge >= 0.3 is 0 Å². The summed E-state index contributed by atoms with van der Waals surface area (Å²) in [7, 11) is 0. The van der Waals surface area contributed by atoms with Crippen molar-refractivity contribution in [2.45, 2.75) is 29.1 Å². The van der Waals surface area contributed by atoms with E-state index in [2.05, 4.69) is 105 Å². The van der Waals surface area contributed by atoms with E-state index < -0.39 is 46.9 Å². The quantitative estimate of drug-likeness (QED) is 0.191. The molecule has 4 aliphatic rings. The molecule has 0 radical (unpaired) electrons. The number of carbonyl (C=O) groups is 2. The van der Waals surface area contributed by atoms with E-state index in [-0.39, 0.29) is 36.8 Å². The molecule has 14 nitrogen and oxygen atoms in total. The number of aliphatic hydroxyl groups is 1. The first-order chi connectivity index (χ1) is 19.3. The van der Waals surface area contributed by atoms with Crippen LogP contribution < -0.4 is 32.7 Å². The van der Waals surface area contributed by atoms with Crippen molar-refractivity contribution in [3.63, 3.8) is 0 Å². The zero-order valence-electron chi connectivity index (χ0n) is 20.6. The molecule has 220 valence electrons. The van der Waals surface area contributed by atoms with Gasteiger partial charge in [-0.05, 0) is 81.8 Å². The molecule has 6 rings (SSSR count). The number of aromatic amines is 2. The number of fused-ring (bicyclic) bond motifs is 2. The molecule has 2 fully saturated rings. The average molecular weight is 847 g/mol. The summed E-state index contributed by atoms with van der Waals surface area (Å²) in [5.41, 5.74) is 9.70. The Morgan fingerprint density at radius 3 is 1.98 bits per heavy atom. The molecule has 0 unspecified atom stereocenters. The lowest BCUT2D eigenvalue weighted by atomic mass is 9.71. The Labute approximate surface area is 271 Å². The van der Waals surface area contributed by atoms with Gasteiger partial charge in [0.1, 0.15) is 16.9 Å². The number of nitrogens with two attached hydrogens (primary N) is 2. The Bertz CT molecular complexity index is 1460.